The number of piperidine rings is 2. The highest BCUT2D eigenvalue weighted by Crippen LogP contribution is 2.42. The molecule has 0 saturated carbocycles. The molecule has 20 heteroatoms. The van der Waals surface area contributed by atoms with Gasteiger partial charge < -0.3 is 58.3 Å². The van der Waals surface area contributed by atoms with Crippen LogP contribution in [-0.4, -0.2) is 132 Å². The van der Waals surface area contributed by atoms with Gasteiger partial charge in [0.05, 0.1) is 48.0 Å². The van der Waals surface area contributed by atoms with Crippen molar-refractivity contribution in [1.82, 2.24) is 25.8 Å². The number of carbonyl (C=O) groups excluding carboxylic acids is 7. The van der Waals surface area contributed by atoms with Crippen molar-refractivity contribution in [2.24, 2.45) is 0 Å². The average Bonchev–Trinajstić information content (AvgIpc) is 3.85. The largest absolute Gasteiger partial charge is 0.493 e. The van der Waals surface area contributed by atoms with Crippen LogP contribution in [0.5, 0.6) is 40.2 Å². The van der Waals surface area contributed by atoms with Gasteiger partial charge in [0.1, 0.15) is 29.7 Å². The summed E-state index contributed by atoms with van der Waals surface area (Å²) in [7, 11) is 7.67. The van der Waals surface area contributed by atoms with Crippen LogP contribution in [0.3, 0.4) is 0 Å². The minimum absolute atomic E-state index is 0.115. The molecule has 3 aliphatic heterocycles. The maximum Gasteiger partial charge on any atom is 0.329 e. The van der Waals surface area contributed by atoms with Crippen molar-refractivity contribution in [1.29, 1.82) is 0 Å². The fourth-order valence-corrected chi connectivity index (χ4v) is 9.99. The Balaban J connectivity index is 0.938. The number of amides is 6. The molecule has 2 fully saturated rings. The summed E-state index contributed by atoms with van der Waals surface area (Å²) in [5.41, 5.74) is 3.06. The third kappa shape index (κ3) is 13.9. The molecule has 77 heavy (non-hydrogen) atoms. The minimum atomic E-state index is -0.860. The highest BCUT2D eigenvalue weighted by Gasteiger charge is 2.41. The van der Waals surface area contributed by atoms with E-state index >= 15 is 0 Å². The van der Waals surface area contributed by atoms with E-state index in [0.29, 0.717) is 121 Å². The second kappa shape index (κ2) is 27.1. The molecule has 6 amide bonds. The molecule has 4 aromatic carbocycles. The van der Waals surface area contributed by atoms with Gasteiger partial charge in [-0.1, -0.05) is 37.3 Å². The van der Waals surface area contributed by atoms with Crippen LogP contribution in [0.25, 0.3) is 0 Å². The van der Waals surface area contributed by atoms with E-state index in [0.717, 1.165) is 18.4 Å². The Hall–Kier alpha value is -8.03. The molecular formula is C57H69N5O15. The minimum Gasteiger partial charge on any atom is -0.493 e. The van der Waals surface area contributed by atoms with Gasteiger partial charge in [0.15, 0.2) is 36.2 Å². The summed E-state index contributed by atoms with van der Waals surface area (Å²) in [5.74, 6) is -0.304. The van der Waals surface area contributed by atoms with Crippen LogP contribution in [0.2, 0.25) is 0 Å². The molecule has 2 saturated heterocycles. The van der Waals surface area contributed by atoms with Crippen LogP contribution in [0.1, 0.15) is 109 Å². The number of nitrogens with one attached hydrogen (secondary N) is 3. The quantitative estimate of drug-likeness (QED) is 0.0386. The fraction of sp³-hybridized carbons (Fsp3) is 0.456. The smallest absolute Gasteiger partial charge is 0.329 e. The first kappa shape index (κ1) is 56.7. The second-order valence-electron chi connectivity index (χ2n) is 18.8. The zero-order chi connectivity index (χ0) is 55.0. The van der Waals surface area contributed by atoms with Gasteiger partial charge >= 0.3 is 5.97 Å². The van der Waals surface area contributed by atoms with Crippen LogP contribution in [0, 0.1) is 0 Å². The second-order valence-corrected chi connectivity index (χ2v) is 18.8. The number of para-hydroxylation sites is 1. The number of methoxy groups -OCH3 is 5. The Kier molecular flexibility index (Phi) is 20.0. The van der Waals surface area contributed by atoms with E-state index in [2.05, 4.69) is 16.0 Å². The molecule has 4 aromatic rings. The van der Waals surface area contributed by atoms with E-state index in [1.54, 1.807) is 73.7 Å². The molecule has 412 valence electrons. The lowest BCUT2D eigenvalue weighted by Gasteiger charge is -2.37. The normalized spacial score (nSPS) is 16.8. The zero-order valence-corrected chi connectivity index (χ0v) is 44.6. The first-order chi connectivity index (χ1) is 37.3. The number of nitrogens with zero attached hydrogens (tertiary/aromatic N) is 2. The van der Waals surface area contributed by atoms with E-state index in [1.807, 2.05) is 25.1 Å². The molecule has 0 aromatic heterocycles. The first-order valence-electron chi connectivity index (χ1n) is 26.0. The molecule has 3 N–H and O–H groups in total. The van der Waals surface area contributed by atoms with Crippen molar-refractivity contribution in [3.8, 4) is 40.2 Å². The Morgan fingerprint density at radius 1 is 0.714 bits per heavy atom. The molecule has 20 nitrogen and oxygen atoms in total. The maximum absolute atomic E-state index is 14.6. The molecule has 1 unspecified atom stereocenters. The Morgan fingerprint density at radius 3 is 2.03 bits per heavy atom. The summed E-state index contributed by atoms with van der Waals surface area (Å²) in [6, 6.07) is 19.5. The van der Waals surface area contributed by atoms with Crippen molar-refractivity contribution < 1.29 is 71.5 Å². The summed E-state index contributed by atoms with van der Waals surface area (Å²) in [4.78, 5) is 95.4. The van der Waals surface area contributed by atoms with E-state index in [9.17, 15) is 33.6 Å². The summed E-state index contributed by atoms with van der Waals surface area (Å²) in [6.07, 6.45) is 3.68. The Labute approximate surface area is 448 Å². The number of imide groups is 1. The summed E-state index contributed by atoms with van der Waals surface area (Å²) in [5, 5.41) is 7.95. The molecule has 4 atom stereocenters. The number of likely N-dealkylation sites (tertiary alicyclic amines) is 1. The fourth-order valence-electron chi connectivity index (χ4n) is 9.99. The molecule has 0 bridgehead atoms. The lowest BCUT2D eigenvalue weighted by atomic mass is 9.91. The summed E-state index contributed by atoms with van der Waals surface area (Å²) in [6.45, 7) is 2.40. The number of carbonyl (C=O) groups is 7. The van der Waals surface area contributed by atoms with Crippen LogP contribution in [-0.2, 0) is 46.5 Å². The van der Waals surface area contributed by atoms with Crippen LogP contribution >= 0.6 is 0 Å². The number of esters is 1. The molecular weight excluding hydrogens is 995 g/mol. The van der Waals surface area contributed by atoms with Crippen molar-refractivity contribution in [3.63, 3.8) is 0 Å². The van der Waals surface area contributed by atoms with Crippen molar-refractivity contribution in [2.45, 2.75) is 102 Å². The third-order valence-corrected chi connectivity index (χ3v) is 14.0. The van der Waals surface area contributed by atoms with Crippen molar-refractivity contribution >= 4 is 41.4 Å². The van der Waals surface area contributed by atoms with E-state index in [4.69, 9.17) is 37.9 Å². The number of fused-ring (bicyclic) bond motifs is 1. The highest BCUT2D eigenvalue weighted by molar-refractivity contribution is 6.05. The van der Waals surface area contributed by atoms with Crippen molar-refractivity contribution in [2.75, 3.05) is 68.4 Å². The van der Waals surface area contributed by atoms with Gasteiger partial charge in [-0.3, -0.25) is 34.1 Å². The molecule has 3 aliphatic rings. The predicted molar refractivity (Wildman–Crippen MR) is 280 cm³/mol. The maximum atomic E-state index is 14.6. The lowest BCUT2D eigenvalue weighted by molar-refractivity contribution is -0.162. The first-order valence-corrected chi connectivity index (χ1v) is 26.0. The standard InChI is InChI=1S/C57H69N5O15/c1-7-37(36-30-48(72-4)53(74-6)49(31-36)73-5)55(67)61-28-13-10-17-42(61)57(69)77-45(23-20-35-21-24-46(70-2)47(29-35)71-3)39-15-8-9-18-43(39)75-33-51(64)58-26-11-12-27-59-52(65)34-76-44-19-14-16-38-40(44)32-62(56(38)68)41-22-25-50(63)60-54(41)66/h8-9,14-16,18-19,21,24,29-31,37,41-42,45H,7,10-13,17,20,22-23,25-28,32-34H2,1-6H3,(H,58,64)(H,59,65)(H,60,63,66)/t37-,41?,42-,45+/m0/s1. The van der Waals surface area contributed by atoms with E-state index < -0.39 is 36.0 Å². The monoisotopic (exact) mass is 1060 g/mol. The topological polar surface area (TPSA) is 236 Å². The Morgan fingerprint density at radius 2 is 1.38 bits per heavy atom. The van der Waals surface area contributed by atoms with Gasteiger partial charge in [-0.2, -0.15) is 0 Å². The van der Waals surface area contributed by atoms with Crippen LogP contribution in [0.4, 0.5) is 0 Å². The number of rotatable bonds is 26. The molecule has 0 aliphatic carbocycles. The van der Waals surface area contributed by atoms with Gasteiger partial charge in [0.2, 0.25) is 23.5 Å². The van der Waals surface area contributed by atoms with Gasteiger partial charge in [0, 0.05) is 42.7 Å². The number of ether oxygens (including phenoxy) is 8. The SMILES string of the molecule is CC[C@H](C(=O)N1CCCC[C@H]1C(=O)O[C@H](CCc1ccc(OC)c(OC)c1)c1ccccc1OCC(=O)NCCCCNC(=O)COc1cccc2c1CN(C1CCC(=O)NC1=O)C2=O)c1cc(OC)c(OC)c(OC)c1. The van der Waals surface area contributed by atoms with Gasteiger partial charge in [-0.15, -0.1) is 0 Å². The summed E-state index contributed by atoms with van der Waals surface area (Å²) >= 11 is 0. The zero-order valence-electron chi connectivity index (χ0n) is 44.6. The van der Waals surface area contributed by atoms with E-state index in [1.165, 1.54) is 26.2 Å². The number of benzene rings is 4. The van der Waals surface area contributed by atoms with Gasteiger partial charge in [0.25, 0.3) is 17.7 Å². The lowest BCUT2D eigenvalue weighted by Crippen LogP contribution is -2.52. The molecule has 7 rings (SSSR count). The number of aryl methyl sites for hydroxylation is 1. The number of hydrogen-bond donors (Lipinski definition) is 3. The van der Waals surface area contributed by atoms with Crippen molar-refractivity contribution in [3.05, 3.63) is 101 Å². The van der Waals surface area contributed by atoms with E-state index in [-0.39, 0.29) is 62.1 Å². The predicted octanol–water partition coefficient (Wildman–Crippen LogP) is 5.75. The van der Waals surface area contributed by atoms with Gasteiger partial charge in [-0.25, -0.2) is 4.79 Å². The number of unbranched alkanes of at least 4 members (excludes halogenated alkanes) is 1. The van der Waals surface area contributed by atoms with Crippen LogP contribution < -0.4 is 49.1 Å². The van der Waals surface area contributed by atoms with Gasteiger partial charge in [-0.05, 0) is 111 Å². The molecule has 0 spiro atoms. The number of hydrogen-bond acceptors (Lipinski definition) is 15. The average molecular weight is 1060 g/mol. The Bertz CT molecular complexity index is 2760. The third-order valence-electron chi connectivity index (χ3n) is 14.0. The van der Waals surface area contributed by atoms with Crippen LogP contribution in [0.15, 0.2) is 72.8 Å². The molecule has 3 heterocycles. The molecule has 0 radical (unpaired) electrons. The highest BCUT2D eigenvalue weighted by atomic mass is 16.6. The summed E-state index contributed by atoms with van der Waals surface area (Å²) < 4.78 is 46.1.